The summed E-state index contributed by atoms with van der Waals surface area (Å²) in [6, 6.07) is 3.56. The molecule has 0 aliphatic carbocycles. The Balaban J connectivity index is 1.79. The zero-order chi connectivity index (χ0) is 12.1. The molecule has 0 spiro atoms. The van der Waals surface area contributed by atoms with Crippen LogP contribution in [0, 0.1) is 0 Å². The lowest BCUT2D eigenvalue weighted by Crippen LogP contribution is -2.31. The molecule has 0 radical (unpaired) electrons. The molecule has 1 aromatic heterocycles. The maximum absolute atomic E-state index is 11.7. The SMILES string of the molecule is O=C(NCCC1CCCN1)c1ncccc1O. The zero-order valence-corrected chi connectivity index (χ0v) is 9.65. The Hall–Kier alpha value is -1.62. The second-order valence-electron chi connectivity index (χ2n) is 4.21. The Morgan fingerprint density at radius 2 is 2.53 bits per heavy atom. The Morgan fingerprint density at radius 1 is 1.65 bits per heavy atom. The fraction of sp³-hybridized carbons (Fsp3) is 0.500. The first-order valence-electron chi connectivity index (χ1n) is 5.93. The molecule has 17 heavy (non-hydrogen) atoms. The van der Waals surface area contributed by atoms with Crippen LogP contribution >= 0.6 is 0 Å². The van der Waals surface area contributed by atoms with Gasteiger partial charge in [0.2, 0.25) is 0 Å². The van der Waals surface area contributed by atoms with E-state index in [9.17, 15) is 9.90 Å². The van der Waals surface area contributed by atoms with Crippen molar-refractivity contribution < 1.29 is 9.90 Å². The molecule has 1 atom stereocenters. The maximum atomic E-state index is 11.7. The lowest BCUT2D eigenvalue weighted by Gasteiger charge is -2.10. The molecular formula is C12H17N3O2. The second kappa shape index (κ2) is 5.63. The van der Waals surface area contributed by atoms with Crippen LogP contribution in [0.2, 0.25) is 0 Å². The molecule has 1 aliphatic rings. The summed E-state index contributed by atoms with van der Waals surface area (Å²) in [5, 5.41) is 15.6. The van der Waals surface area contributed by atoms with Crippen molar-refractivity contribution in [3.8, 4) is 5.75 Å². The third-order valence-electron chi connectivity index (χ3n) is 2.94. The number of hydrogen-bond donors (Lipinski definition) is 3. The third kappa shape index (κ3) is 3.17. The molecule has 0 bridgehead atoms. The van der Waals surface area contributed by atoms with Gasteiger partial charge in [-0.05, 0) is 37.9 Å². The molecule has 1 unspecified atom stereocenters. The smallest absolute Gasteiger partial charge is 0.273 e. The molecular weight excluding hydrogens is 218 g/mol. The largest absolute Gasteiger partial charge is 0.505 e. The average molecular weight is 235 g/mol. The van der Waals surface area contributed by atoms with Crippen molar-refractivity contribution in [2.45, 2.75) is 25.3 Å². The van der Waals surface area contributed by atoms with E-state index in [0.717, 1.165) is 13.0 Å². The highest BCUT2D eigenvalue weighted by molar-refractivity contribution is 5.94. The molecule has 3 N–H and O–H groups in total. The van der Waals surface area contributed by atoms with Crippen LogP contribution in [0.1, 0.15) is 29.8 Å². The van der Waals surface area contributed by atoms with Crippen LogP contribution in [0.5, 0.6) is 5.75 Å². The van der Waals surface area contributed by atoms with E-state index in [-0.39, 0.29) is 17.4 Å². The lowest BCUT2D eigenvalue weighted by molar-refractivity contribution is 0.0944. The number of carbonyl (C=O) groups is 1. The number of aromatic hydroxyl groups is 1. The number of carbonyl (C=O) groups excluding carboxylic acids is 1. The number of nitrogens with zero attached hydrogens (tertiary/aromatic N) is 1. The molecule has 1 fully saturated rings. The van der Waals surface area contributed by atoms with Crippen molar-refractivity contribution in [3.05, 3.63) is 24.0 Å². The number of amides is 1. The fourth-order valence-electron chi connectivity index (χ4n) is 2.02. The van der Waals surface area contributed by atoms with Crippen molar-refractivity contribution in [1.29, 1.82) is 0 Å². The van der Waals surface area contributed by atoms with Gasteiger partial charge in [-0.3, -0.25) is 4.79 Å². The van der Waals surface area contributed by atoms with Gasteiger partial charge >= 0.3 is 0 Å². The summed E-state index contributed by atoms with van der Waals surface area (Å²) in [7, 11) is 0. The van der Waals surface area contributed by atoms with Crippen LogP contribution in [-0.2, 0) is 0 Å². The first-order chi connectivity index (χ1) is 8.27. The molecule has 1 amide bonds. The van der Waals surface area contributed by atoms with Crippen molar-refractivity contribution in [3.63, 3.8) is 0 Å². The Kier molecular flexibility index (Phi) is 3.93. The minimum Gasteiger partial charge on any atom is -0.505 e. The first kappa shape index (κ1) is 11.9. The van der Waals surface area contributed by atoms with Gasteiger partial charge in [-0.15, -0.1) is 0 Å². The highest BCUT2D eigenvalue weighted by Gasteiger charge is 2.15. The van der Waals surface area contributed by atoms with Crippen LogP contribution in [0.15, 0.2) is 18.3 Å². The van der Waals surface area contributed by atoms with Gasteiger partial charge in [0.15, 0.2) is 5.69 Å². The summed E-state index contributed by atoms with van der Waals surface area (Å²) >= 11 is 0. The van der Waals surface area contributed by atoms with Gasteiger partial charge in [-0.2, -0.15) is 0 Å². The van der Waals surface area contributed by atoms with Crippen LogP contribution < -0.4 is 10.6 Å². The van der Waals surface area contributed by atoms with Crippen LogP contribution in [-0.4, -0.2) is 35.1 Å². The molecule has 5 heteroatoms. The summed E-state index contributed by atoms with van der Waals surface area (Å²) in [6.07, 6.45) is 4.79. The van der Waals surface area contributed by atoms with Gasteiger partial charge in [0.05, 0.1) is 0 Å². The number of aromatic nitrogens is 1. The van der Waals surface area contributed by atoms with Crippen molar-refractivity contribution in [2.75, 3.05) is 13.1 Å². The zero-order valence-electron chi connectivity index (χ0n) is 9.65. The molecule has 5 nitrogen and oxygen atoms in total. The lowest BCUT2D eigenvalue weighted by atomic mass is 10.1. The summed E-state index contributed by atoms with van der Waals surface area (Å²) in [5.74, 6) is -0.398. The normalized spacial score (nSPS) is 19.2. The molecule has 0 aromatic carbocycles. The summed E-state index contributed by atoms with van der Waals surface area (Å²) in [5.41, 5.74) is 0.0897. The quantitative estimate of drug-likeness (QED) is 0.716. The predicted octanol–water partition coefficient (Wildman–Crippen LogP) is 0.659. The summed E-state index contributed by atoms with van der Waals surface area (Å²) in [4.78, 5) is 15.5. The van der Waals surface area contributed by atoms with E-state index >= 15 is 0 Å². The molecule has 2 heterocycles. The topological polar surface area (TPSA) is 74.2 Å². The molecule has 92 valence electrons. The molecule has 2 rings (SSSR count). The highest BCUT2D eigenvalue weighted by atomic mass is 16.3. The van der Waals surface area contributed by atoms with E-state index in [1.54, 1.807) is 6.07 Å². The van der Waals surface area contributed by atoms with E-state index in [1.165, 1.54) is 25.1 Å². The highest BCUT2D eigenvalue weighted by Crippen LogP contribution is 2.12. The van der Waals surface area contributed by atoms with Crippen molar-refractivity contribution >= 4 is 5.91 Å². The number of pyridine rings is 1. The van der Waals surface area contributed by atoms with Gasteiger partial charge in [0, 0.05) is 18.8 Å². The standard InChI is InChI=1S/C12H17N3O2/c16-10-4-2-7-14-11(10)12(17)15-8-5-9-3-1-6-13-9/h2,4,7,9,13,16H,1,3,5-6,8H2,(H,15,17). The van der Waals surface area contributed by atoms with Crippen LogP contribution in [0.25, 0.3) is 0 Å². The van der Waals surface area contributed by atoms with E-state index in [4.69, 9.17) is 0 Å². The van der Waals surface area contributed by atoms with Gasteiger partial charge in [0.25, 0.3) is 5.91 Å². The van der Waals surface area contributed by atoms with Gasteiger partial charge in [-0.25, -0.2) is 4.98 Å². The van der Waals surface area contributed by atoms with E-state index in [0.29, 0.717) is 12.6 Å². The number of hydrogen-bond acceptors (Lipinski definition) is 4. The maximum Gasteiger partial charge on any atom is 0.273 e. The average Bonchev–Trinajstić information content (AvgIpc) is 2.82. The first-order valence-corrected chi connectivity index (χ1v) is 5.93. The van der Waals surface area contributed by atoms with Gasteiger partial charge in [0.1, 0.15) is 5.75 Å². The number of nitrogens with one attached hydrogen (secondary N) is 2. The summed E-state index contributed by atoms with van der Waals surface area (Å²) in [6.45, 7) is 1.67. The predicted molar refractivity (Wildman–Crippen MR) is 63.9 cm³/mol. The second-order valence-corrected chi connectivity index (χ2v) is 4.21. The Morgan fingerprint density at radius 3 is 3.24 bits per heavy atom. The monoisotopic (exact) mass is 235 g/mol. The minimum absolute atomic E-state index is 0.0796. The summed E-state index contributed by atoms with van der Waals surface area (Å²) < 4.78 is 0. The van der Waals surface area contributed by atoms with E-state index in [2.05, 4.69) is 15.6 Å². The van der Waals surface area contributed by atoms with Gasteiger partial charge in [-0.1, -0.05) is 0 Å². The van der Waals surface area contributed by atoms with Gasteiger partial charge < -0.3 is 15.7 Å². The molecule has 1 aromatic rings. The van der Waals surface area contributed by atoms with Crippen LogP contribution in [0.4, 0.5) is 0 Å². The third-order valence-corrected chi connectivity index (χ3v) is 2.94. The van der Waals surface area contributed by atoms with E-state index < -0.39 is 0 Å². The van der Waals surface area contributed by atoms with Crippen molar-refractivity contribution in [2.24, 2.45) is 0 Å². The minimum atomic E-state index is -0.318. The molecule has 1 aliphatic heterocycles. The molecule has 0 saturated carbocycles. The van der Waals surface area contributed by atoms with Crippen LogP contribution in [0.3, 0.4) is 0 Å². The Labute approximate surface area is 100 Å². The Bertz CT molecular complexity index is 389. The van der Waals surface area contributed by atoms with E-state index in [1.807, 2.05) is 0 Å². The van der Waals surface area contributed by atoms with Crippen molar-refractivity contribution in [1.82, 2.24) is 15.6 Å². The fourth-order valence-corrected chi connectivity index (χ4v) is 2.02. The number of rotatable bonds is 4. The molecule has 1 saturated heterocycles.